The third-order valence-electron chi connectivity index (χ3n) is 4.07. The van der Waals surface area contributed by atoms with Crippen molar-refractivity contribution < 1.29 is 14.3 Å². The molecule has 0 aliphatic carbocycles. The Hall–Kier alpha value is -2.25. The van der Waals surface area contributed by atoms with Crippen molar-refractivity contribution in [1.29, 1.82) is 0 Å². The van der Waals surface area contributed by atoms with Gasteiger partial charge in [-0.3, -0.25) is 4.79 Å². The Labute approximate surface area is 160 Å². The number of carbonyl (C=O) groups is 2. The summed E-state index contributed by atoms with van der Waals surface area (Å²) >= 11 is 2.96. The number of esters is 1. The van der Waals surface area contributed by atoms with E-state index in [4.69, 9.17) is 4.74 Å². The van der Waals surface area contributed by atoms with Crippen molar-refractivity contribution >= 4 is 44.8 Å². The lowest BCUT2D eigenvalue weighted by Gasteiger charge is -2.15. The molecule has 1 amide bonds. The number of likely N-dealkylation sites (N-methyl/N-ethyl adjacent to an activating group) is 1. The lowest BCUT2D eigenvalue weighted by Crippen LogP contribution is -2.30. The second-order valence-corrected chi connectivity index (χ2v) is 8.32. The zero-order valence-corrected chi connectivity index (χ0v) is 16.6. The second-order valence-electron chi connectivity index (χ2n) is 5.95. The number of nitrogens with zero attached hydrogens (tertiary/aromatic N) is 2. The average molecular weight is 389 g/mol. The molecule has 2 heterocycles. The third-order valence-corrected chi connectivity index (χ3v) is 6.16. The van der Waals surface area contributed by atoms with Crippen molar-refractivity contribution in [1.82, 2.24) is 9.88 Å². The van der Waals surface area contributed by atoms with Crippen LogP contribution in [0.15, 0.2) is 30.3 Å². The van der Waals surface area contributed by atoms with E-state index in [1.165, 1.54) is 16.2 Å². The summed E-state index contributed by atoms with van der Waals surface area (Å²) in [5, 5.41) is 0.856. The van der Waals surface area contributed by atoms with E-state index in [1.807, 2.05) is 44.2 Å². The van der Waals surface area contributed by atoms with Crippen molar-refractivity contribution in [2.45, 2.75) is 26.8 Å². The zero-order valence-electron chi connectivity index (χ0n) is 14.9. The number of thiazole rings is 1. The molecule has 26 heavy (non-hydrogen) atoms. The van der Waals surface area contributed by atoms with Crippen LogP contribution in [0.3, 0.4) is 0 Å². The highest BCUT2D eigenvalue weighted by molar-refractivity contribution is 7.18. The first-order valence-corrected chi connectivity index (χ1v) is 9.96. The molecule has 0 saturated heterocycles. The maximum Gasteiger partial charge on any atom is 0.348 e. The van der Waals surface area contributed by atoms with E-state index >= 15 is 0 Å². The van der Waals surface area contributed by atoms with Crippen LogP contribution in [0.2, 0.25) is 0 Å². The highest BCUT2D eigenvalue weighted by atomic mass is 32.1. The molecule has 0 radical (unpaired) electrons. The van der Waals surface area contributed by atoms with Gasteiger partial charge >= 0.3 is 5.97 Å². The van der Waals surface area contributed by atoms with Gasteiger partial charge in [-0.25, -0.2) is 9.78 Å². The Kier molecular flexibility index (Phi) is 5.68. The number of aryl methyl sites for hydroxylation is 2. The molecule has 0 fully saturated rings. The molecule has 3 rings (SSSR count). The number of hydrogen-bond acceptors (Lipinski definition) is 6. The lowest BCUT2D eigenvalue weighted by atomic mass is 10.2. The van der Waals surface area contributed by atoms with Crippen molar-refractivity contribution in [3.05, 3.63) is 50.7 Å². The smallest absolute Gasteiger partial charge is 0.348 e. The van der Waals surface area contributed by atoms with Gasteiger partial charge in [-0.1, -0.05) is 19.1 Å². The number of fused-ring (bicyclic) bond motifs is 1. The van der Waals surface area contributed by atoms with E-state index in [0.29, 0.717) is 11.4 Å². The van der Waals surface area contributed by atoms with Gasteiger partial charge in [-0.15, -0.1) is 22.7 Å². The Morgan fingerprint density at radius 2 is 2.00 bits per heavy atom. The molecule has 136 valence electrons. The number of para-hydroxylation sites is 1. The highest BCUT2D eigenvalue weighted by Gasteiger charge is 2.17. The van der Waals surface area contributed by atoms with E-state index in [-0.39, 0.29) is 12.5 Å². The van der Waals surface area contributed by atoms with E-state index in [9.17, 15) is 9.59 Å². The molecule has 0 N–H and O–H groups in total. The van der Waals surface area contributed by atoms with Gasteiger partial charge in [0.25, 0.3) is 5.91 Å². The van der Waals surface area contributed by atoms with Crippen LogP contribution >= 0.6 is 22.7 Å². The van der Waals surface area contributed by atoms with Gasteiger partial charge in [0.15, 0.2) is 6.61 Å². The number of ether oxygens (including phenoxy) is 1. The fourth-order valence-electron chi connectivity index (χ4n) is 2.56. The van der Waals surface area contributed by atoms with Crippen molar-refractivity contribution in [3.8, 4) is 0 Å². The van der Waals surface area contributed by atoms with E-state index in [0.717, 1.165) is 32.1 Å². The topological polar surface area (TPSA) is 59.5 Å². The molecule has 0 aliphatic heterocycles. The number of benzene rings is 1. The lowest BCUT2D eigenvalue weighted by molar-refractivity contribution is -0.133. The van der Waals surface area contributed by atoms with Crippen LogP contribution in [0.4, 0.5) is 0 Å². The standard InChI is InChI=1S/C19H20N2O3S2/c1-4-13-9-16(25-12(13)2)19(23)24-11-18(22)21(3)10-17-20-14-7-5-6-8-15(14)26-17/h5-9H,4,10-11H2,1-3H3. The van der Waals surface area contributed by atoms with Gasteiger partial charge in [0.2, 0.25) is 0 Å². The minimum atomic E-state index is -0.445. The predicted octanol–water partition coefficient (Wildman–Crippen LogP) is 4.04. The summed E-state index contributed by atoms with van der Waals surface area (Å²) in [7, 11) is 1.69. The molecule has 0 spiro atoms. The molecule has 5 nitrogen and oxygen atoms in total. The second kappa shape index (κ2) is 7.97. The summed E-state index contributed by atoms with van der Waals surface area (Å²) in [6.07, 6.45) is 0.874. The van der Waals surface area contributed by atoms with Crippen LogP contribution < -0.4 is 0 Å². The van der Waals surface area contributed by atoms with Crippen LogP contribution in [0.1, 0.15) is 32.0 Å². The molecular weight excluding hydrogens is 368 g/mol. The Bertz CT molecular complexity index is 912. The SMILES string of the molecule is CCc1cc(C(=O)OCC(=O)N(C)Cc2nc3ccccc3s2)sc1C. The Balaban J connectivity index is 1.55. The molecule has 7 heteroatoms. The number of amides is 1. The number of thiophene rings is 1. The van der Waals surface area contributed by atoms with Crippen LogP contribution in [0, 0.1) is 6.92 Å². The average Bonchev–Trinajstić information content (AvgIpc) is 3.21. The fraction of sp³-hybridized carbons (Fsp3) is 0.316. The minimum absolute atomic E-state index is 0.249. The molecule has 0 unspecified atom stereocenters. The number of carbonyl (C=O) groups excluding carboxylic acids is 2. The summed E-state index contributed by atoms with van der Waals surface area (Å²) in [6.45, 7) is 4.16. The normalized spacial score (nSPS) is 10.9. The van der Waals surface area contributed by atoms with Gasteiger partial charge in [0, 0.05) is 11.9 Å². The van der Waals surface area contributed by atoms with Crippen molar-refractivity contribution in [3.63, 3.8) is 0 Å². The maximum absolute atomic E-state index is 12.3. The first-order chi connectivity index (χ1) is 12.5. The monoisotopic (exact) mass is 388 g/mol. The third kappa shape index (κ3) is 4.11. The predicted molar refractivity (Wildman–Crippen MR) is 105 cm³/mol. The fourth-order valence-corrected chi connectivity index (χ4v) is 4.59. The van der Waals surface area contributed by atoms with Crippen LogP contribution in [0.5, 0.6) is 0 Å². The van der Waals surface area contributed by atoms with Crippen molar-refractivity contribution in [2.75, 3.05) is 13.7 Å². The van der Waals surface area contributed by atoms with Crippen molar-refractivity contribution in [2.24, 2.45) is 0 Å². The molecule has 1 aromatic carbocycles. The van der Waals surface area contributed by atoms with E-state index in [1.54, 1.807) is 18.4 Å². The molecule has 0 saturated carbocycles. The summed E-state index contributed by atoms with van der Waals surface area (Å²) in [5.41, 5.74) is 2.07. The summed E-state index contributed by atoms with van der Waals surface area (Å²) < 4.78 is 6.28. The van der Waals surface area contributed by atoms with E-state index < -0.39 is 5.97 Å². The maximum atomic E-state index is 12.3. The molecule has 0 atom stereocenters. The molecule has 2 aromatic heterocycles. The molecular formula is C19H20N2O3S2. The largest absolute Gasteiger partial charge is 0.451 e. The summed E-state index contributed by atoms with van der Waals surface area (Å²) in [6, 6.07) is 9.71. The number of rotatable bonds is 6. The van der Waals surface area contributed by atoms with Gasteiger partial charge in [0.05, 0.1) is 16.8 Å². The van der Waals surface area contributed by atoms with Crippen LogP contribution in [-0.4, -0.2) is 35.4 Å². The summed E-state index contributed by atoms with van der Waals surface area (Å²) in [4.78, 5) is 32.1. The van der Waals surface area contributed by atoms with Gasteiger partial charge < -0.3 is 9.64 Å². The first-order valence-electron chi connectivity index (χ1n) is 8.32. The van der Waals surface area contributed by atoms with Gasteiger partial charge in [-0.05, 0) is 37.1 Å². The van der Waals surface area contributed by atoms with Gasteiger partial charge in [0.1, 0.15) is 9.88 Å². The Morgan fingerprint density at radius 1 is 1.23 bits per heavy atom. The Morgan fingerprint density at radius 3 is 2.69 bits per heavy atom. The number of aromatic nitrogens is 1. The van der Waals surface area contributed by atoms with E-state index in [2.05, 4.69) is 4.98 Å². The summed E-state index contributed by atoms with van der Waals surface area (Å²) in [5.74, 6) is -0.693. The van der Waals surface area contributed by atoms with Crippen LogP contribution in [-0.2, 0) is 22.5 Å². The quantitative estimate of drug-likeness (QED) is 0.598. The zero-order chi connectivity index (χ0) is 18.7. The number of hydrogen-bond donors (Lipinski definition) is 0. The molecule has 0 aliphatic rings. The molecule has 3 aromatic rings. The first kappa shape index (κ1) is 18.5. The van der Waals surface area contributed by atoms with Crippen LogP contribution in [0.25, 0.3) is 10.2 Å². The highest BCUT2D eigenvalue weighted by Crippen LogP contribution is 2.23. The minimum Gasteiger partial charge on any atom is -0.451 e. The molecule has 0 bridgehead atoms. The van der Waals surface area contributed by atoms with Gasteiger partial charge in [-0.2, -0.15) is 0 Å².